The van der Waals surface area contributed by atoms with Gasteiger partial charge in [-0.05, 0) is 60.3 Å². The highest BCUT2D eigenvalue weighted by atomic mass is 19.4. The molecule has 8 heteroatoms. The van der Waals surface area contributed by atoms with E-state index in [-0.39, 0.29) is 23.7 Å². The Labute approximate surface area is 193 Å². The molecule has 0 aliphatic rings. The first kappa shape index (κ1) is 23.1. The Bertz CT molecular complexity index is 1350. The average molecular weight is 467 g/mol. The molecular formula is C26H20F3NO4. The van der Waals surface area contributed by atoms with Crippen molar-refractivity contribution in [1.29, 1.82) is 0 Å². The number of benzene rings is 3. The van der Waals surface area contributed by atoms with Gasteiger partial charge in [0.25, 0.3) is 0 Å². The quantitative estimate of drug-likeness (QED) is 0.290. The van der Waals surface area contributed by atoms with Gasteiger partial charge >= 0.3 is 12.1 Å². The van der Waals surface area contributed by atoms with E-state index in [4.69, 9.17) is 9.47 Å². The number of fused-ring (bicyclic) bond motifs is 1. The summed E-state index contributed by atoms with van der Waals surface area (Å²) in [6.45, 7) is 1.81. The lowest BCUT2D eigenvalue weighted by Gasteiger charge is -2.16. The van der Waals surface area contributed by atoms with Gasteiger partial charge in [0.2, 0.25) is 0 Å². The summed E-state index contributed by atoms with van der Waals surface area (Å²) in [6.07, 6.45) is -3.05. The number of aromatic nitrogens is 1. The van der Waals surface area contributed by atoms with Crippen LogP contribution in [0.2, 0.25) is 0 Å². The topological polar surface area (TPSA) is 57.7 Å². The predicted molar refractivity (Wildman–Crippen MR) is 120 cm³/mol. The fraction of sp³-hybridized carbons (Fsp3) is 0.154. The van der Waals surface area contributed by atoms with Crippen molar-refractivity contribution < 1.29 is 32.2 Å². The zero-order valence-corrected chi connectivity index (χ0v) is 18.3. The van der Waals surface area contributed by atoms with E-state index in [1.165, 1.54) is 31.4 Å². The fourth-order valence-corrected chi connectivity index (χ4v) is 3.55. The third-order valence-corrected chi connectivity index (χ3v) is 5.13. The Kier molecular flexibility index (Phi) is 6.40. The van der Waals surface area contributed by atoms with E-state index in [0.717, 1.165) is 16.8 Å². The molecule has 4 aromatic rings. The van der Waals surface area contributed by atoms with Gasteiger partial charge in [0, 0.05) is 17.3 Å². The second-order valence-corrected chi connectivity index (χ2v) is 7.51. The van der Waals surface area contributed by atoms with Crippen LogP contribution in [0.4, 0.5) is 13.2 Å². The molecule has 5 nitrogen and oxygen atoms in total. The molecule has 3 aromatic carbocycles. The normalized spacial score (nSPS) is 11.3. The molecule has 0 aliphatic heterocycles. The smallest absolute Gasteiger partial charge is 0.420 e. The molecule has 4 rings (SSSR count). The summed E-state index contributed by atoms with van der Waals surface area (Å²) < 4.78 is 57.6. The molecule has 1 heterocycles. The van der Waals surface area contributed by atoms with E-state index in [2.05, 4.69) is 9.72 Å². The van der Waals surface area contributed by atoms with Gasteiger partial charge in [-0.1, -0.05) is 24.3 Å². The Morgan fingerprint density at radius 1 is 0.912 bits per heavy atom. The average Bonchev–Trinajstić information content (AvgIpc) is 2.80. The van der Waals surface area contributed by atoms with Gasteiger partial charge in [-0.15, -0.1) is 0 Å². The van der Waals surface area contributed by atoms with Gasteiger partial charge in [0.1, 0.15) is 28.6 Å². The number of pyridine rings is 1. The third kappa shape index (κ3) is 5.11. The minimum absolute atomic E-state index is 0.00914. The Morgan fingerprint density at radius 3 is 2.41 bits per heavy atom. The van der Waals surface area contributed by atoms with Crippen molar-refractivity contribution in [2.24, 2.45) is 0 Å². The van der Waals surface area contributed by atoms with Gasteiger partial charge in [-0.25, -0.2) is 0 Å². The number of rotatable bonds is 6. The number of alkyl halides is 3. The second kappa shape index (κ2) is 9.43. The lowest BCUT2D eigenvalue weighted by atomic mass is 10.1. The molecule has 34 heavy (non-hydrogen) atoms. The molecule has 0 bridgehead atoms. The van der Waals surface area contributed by atoms with Crippen LogP contribution in [0.25, 0.3) is 10.8 Å². The Morgan fingerprint density at radius 2 is 1.65 bits per heavy atom. The second-order valence-electron chi connectivity index (χ2n) is 7.51. The first-order valence-electron chi connectivity index (χ1n) is 10.3. The van der Waals surface area contributed by atoms with Crippen LogP contribution in [0, 0.1) is 6.92 Å². The molecule has 0 fully saturated rings. The first-order valence-corrected chi connectivity index (χ1v) is 10.3. The van der Waals surface area contributed by atoms with Gasteiger partial charge < -0.3 is 14.2 Å². The number of hydrogen-bond acceptors (Lipinski definition) is 5. The molecule has 0 radical (unpaired) electrons. The molecule has 0 aliphatic carbocycles. The van der Waals surface area contributed by atoms with Crippen molar-refractivity contribution in [2.75, 3.05) is 7.11 Å². The number of nitrogens with zero attached hydrogens (tertiary/aromatic N) is 1. The lowest BCUT2D eigenvalue weighted by molar-refractivity contribution is -0.140. The van der Waals surface area contributed by atoms with Crippen molar-refractivity contribution in [3.63, 3.8) is 0 Å². The third-order valence-electron chi connectivity index (χ3n) is 5.13. The molecule has 0 spiro atoms. The maximum Gasteiger partial charge on any atom is 0.420 e. The maximum atomic E-state index is 13.9. The molecular weight excluding hydrogens is 447 g/mol. The number of halogens is 3. The molecule has 0 N–H and O–H groups in total. The minimum atomic E-state index is -4.69. The molecule has 0 amide bonds. The summed E-state index contributed by atoms with van der Waals surface area (Å²) >= 11 is 0. The molecule has 0 unspecified atom stereocenters. The lowest BCUT2D eigenvalue weighted by Crippen LogP contribution is -2.08. The number of aryl methyl sites for hydroxylation is 1. The maximum absolute atomic E-state index is 13.9. The van der Waals surface area contributed by atoms with Crippen molar-refractivity contribution in [3.05, 3.63) is 89.7 Å². The van der Waals surface area contributed by atoms with E-state index in [1.54, 1.807) is 30.5 Å². The van der Waals surface area contributed by atoms with Crippen LogP contribution in [-0.2, 0) is 22.1 Å². The molecule has 0 saturated heterocycles. The number of carbonyl (C=O) groups is 1. The standard InChI is InChI=1S/C26H20F3NO4/c1-16-25-18(11-12-30-16)6-4-8-23(25)34-20-9-10-22(21(15-20)26(27,28)29)33-19-7-3-5-17(13-19)14-24(31)32-2/h3-13,15H,14H2,1-2H3. The highest BCUT2D eigenvalue weighted by Crippen LogP contribution is 2.41. The number of ether oxygens (including phenoxy) is 3. The molecule has 1 aromatic heterocycles. The van der Waals surface area contributed by atoms with Gasteiger partial charge in [0.05, 0.1) is 13.5 Å². The number of methoxy groups -OCH3 is 1. The van der Waals surface area contributed by atoms with Crippen LogP contribution in [0.5, 0.6) is 23.0 Å². The van der Waals surface area contributed by atoms with Crippen molar-refractivity contribution >= 4 is 16.7 Å². The summed E-state index contributed by atoms with van der Waals surface area (Å²) in [7, 11) is 1.26. The molecule has 0 saturated carbocycles. The fourth-order valence-electron chi connectivity index (χ4n) is 3.55. The zero-order chi connectivity index (χ0) is 24.3. The SMILES string of the molecule is COC(=O)Cc1cccc(Oc2ccc(Oc3cccc4ccnc(C)c34)cc2C(F)(F)F)c1. The monoisotopic (exact) mass is 467 g/mol. The van der Waals surface area contributed by atoms with E-state index < -0.39 is 17.7 Å². The van der Waals surface area contributed by atoms with E-state index in [9.17, 15) is 18.0 Å². The van der Waals surface area contributed by atoms with Crippen LogP contribution in [-0.4, -0.2) is 18.1 Å². The summed E-state index contributed by atoms with van der Waals surface area (Å²) in [5.41, 5.74) is 0.271. The van der Waals surface area contributed by atoms with Gasteiger partial charge in [0.15, 0.2) is 0 Å². The Balaban J connectivity index is 1.66. The number of carbonyl (C=O) groups excluding carboxylic acids is 1. The zero-order valence-electron chi connectivity index (χ0n) is 18.3. The van der Waals surface area contributed by atoms with E-state index in [0.29, 0.717) is 17.0 Å². The van der Waals surface area contributed by atoms with Crippen LogP contribution in [0.15, 0.2) is 72.9 Å². The van der Waals surface area contributed by atoms with Crippen molar-refractivity contribution in [3.8, 4) is 23.0 Å². The number of esters is 1. The van der Waals surface area contributed by atoms with Gasteiger partial charge in [-0.2, -0.15) is 13.2 Å². The van der Waals surface area contributed by atoms with Gasteiger partial charge in [-0.3, -0.25) is 9.78 Å². The molecule has 174 valence electrons. The van der Waals surface area contributed by atoms with Crippen LogP contribution < -0.4 is 9.47 Å². The summed E-state index contributed by atoms with van der Waals surface area (Å²) in [5, 5.41) is 1.59. The van der Waals surface area contributed by atoms with Crippen LogP contribution in [0.1, 0.15) is 16.8 Å². The predicted octanol–water partition coefficient (Wildman–Crippen LogP) is 6.86. The summed E-state index contributed by atoms with van der Waals surface area (Å²) in [4.78, 5) is 15.7. The largest absolute Gasteiger partial charge is 0.469 e. The van der Waals surface area contributed by atoms with Crippen LogP contribution >= 0.6 is 0 Å². The number of hydrogen-bond donors (Lipinski definition) is 0. The highest BCUT2D eigenvalue weighted by Gasteiger charge is 2.35. The highest BCUT2D eigenvalue weighted by molar-refractivity contribution is 5.90. The summed E-state index contributed by atoms with van der Waals surface area (Å²) in [6, 6.07) is 16.9. The van der Waals surface area contributed by atoms with E-state index in [1.807, 2.05) is 19.1 Å². The van der Waals surface area contributed by atoms with Crippen LogP contribution in [0.3, 0.4) is 0 Å². The molecule has 0 atom stereocenters. The van der Waals surface area contributed by atoms with E-state index >= 15 is 0 Å². The Hall–Kier alpha value is -4.07. The minimum Gasteiger partial charge on any atom is -0.469 e. The summed E-state index contributed by atoms with van der Waals surface area (Å²) in [5.74, 6) is -0.272. The van der Waals surface area contributed by atoms with Crippen molar-refractivity contribution in [1.82, 2.24) is 4.98 Å². The van der Waals surface area contributed by atoms with Crippen molar-refractivity contribution in [2.45, 2.75) is 19.5 Å². The first-order chi connectivity index (χ1) is 16.2.